The summed E-state index contributed by atoms with van der Waals surface area (Å²) in [5.74, 6) is 1.51. The van der Waals surface area contributed by atoms with Crippen LogP contribution >= 0.6 is 22.7 Å². The molecule has 0 unspecified atom stereocenters. The molecule has 0 fully saturated rings. The van der Waals surface area contributed by atoms with E-state index in [1.54, 1.807) is 28.7 Å². The average molecular weight is 389 g/mol. The molecular weight excluding hydrogens is 372 g/mol. The van der Waals surface area contributed by atoms with E-state index >= 15 is 0 Å². The Kier molecular flexibility index (Phi) is 5.28. The van der Waals surface area contributed by atoms with E-state index in [4.69, 9.17) is 4.74 Å². The molecule has 2 heterocycles. The average Bonchev–Trinajstić information content (AvgIpc) is 3.39. The molecule has 2 aromatic heterocycles. The minimum Gasteiger partial charge on any atom is -0.456 e. The van der Waals surface area contributed by atoms with Crippen molar-refractivity contribution >= 4 is 34.5 Å². The summed E-state index contributed by atoms with van der Waals surface area (Å²) in [6.45, 7) is 0. The molecule has 0 bridgehead atoms. The van der Waals surface area contributed by atoms with E-state index in [-0.39, 0.29) is 5.78 Å². The minimum atomic E-state index is -0.0209. The van der Waals surface area contributed by atoms with E-state index in [0.29, 0.717) is 5.56 Å². The van der Waals surface area contributed by atoms with Gasteiger partial charge in [-0.05, 0) is 58.8 Å². The van der Waals surface area contributed by atoms with Crippen molar-refractivity contribution in [2.75, 3.05) is 0 Å². The molecule has 0 saturated carbocycles. The number of hydrogen-bond acceptors (Lipinski definition) is 4. The van der Waals surface area contributed by atoms with Crippen LogP contribution in [0.2, 0.25) is 0 Å². The van der Waals surface area contributed by atoms with Crippen molar-refractivity contribution in [2.45, 2.75) is 0 Å². The van der Waals surface area contributed by atoms with E-state index in [2.05, 4.69) is 6.07 Å². The molecule has 27 heavy (non-hydrogen) atoms. The molecule has 0 N–H and O–H groups in total. The Hall–Kier alpha value is -2.95. The maximum absolute atomic E-state index is 12.6. The van der Waals surface area contributed by atoms with Crippen LogP contribution < -0.4 is 4.74 Å². The fraction of sp³-hybridized carbons (Fsp3) is 0. The normalized spacial score (nSPS) is 11.0. The van der Waals surface area contributed by atoms with Crippen LogP contribution in [0.1, 0.15) is 15.2 Å². The van der Waals surface area contributed by atoms with Gasteiger partial charge in [-0.3, -0.25) is 4.79 Å². The number of thiophene rings is 2. The highest BCUT2D eigenvalue weighted by molar-refractivity contribution is 7.13. The van der Waals surface area contributed by atoms with Crippen LogP contribution in [0, 0.1) is 0 Å². The van der Waals surface area contributed by atoms with Gasteiger partial charge in [0.25, 0.3) is 0 Å². The first-order valence-corrected chi connectivity index (χ1v) is 10.2. The van der Waals surface area contributed by atoms with Gasteiger partial charge >= 0.3 is 0 Å². The predicted molar refractivity (Wildman–Crippen MR) is 114 cm³/mol. The fourth-order valence-electron chi connectivity index (χ4n) is 2.65. The van der Waals surface area contributed by atoms with Gasteiger partial charge < -0.3 is 4.74 Å². The van der Waals surface area contributed by atoms with E-state index in [9.17, 15) is 4.79 Å². The minimum absolute atomic E-state index is 0.0209. The van der Waals surface area contributed by atoms with E-state index in [1.807, 2.05) is 83.6 Å². The Morgan fingerprint density at radius 2 is 1.74 bits per heavy atom. The van der Waals surface area contributed by atoms with Crippen molar-refractivity contribution in [3.8, 4) is 21.9 Å². The molecule has 0 radical (unpaired) electrons. The van der Waals surface area contributed by atoms with Gasteiger partial charge in [0.1, 0.15) is 11.5 Å². The number of ketones is 1. The van der Waals surface area contributed by atoms with Crippen molar-refractivity contribution in [1.29, 1.82) is 0 Å². The summed E-state index contributed by atoms with van der Waals surface area (Å²) >= 11 is 3.21. The summed E-state index contributed by atoms with van der Waals surface area (Å²) in [5.41, 5.74) is 1.74. The zero-order valence-corrected chi connectivity index (χ0v) is 16.0. The van der Waals surface area contributed by atoms with Crippen molar-refractivity contribution in [2.24, 2.45) is 0 Å². The molecule has 0 aliphatic heterocycles. The highest BCUT2D eigenvalue weighted by Crippen LogP contribution is 2.31. The molecule has 4 heteroatoms. The lowest BCUT2D eigenvalue weighted by Gasteiger charge is -2.04. The van der Waals surface area contributed by atoms with Crippen molar-refractivity contribution in [1.82, 2.24) is 0 Å². The number of hydrogen-bond donors (Lipinski definition) is 0. The zero-order valence-electron chi connectivity index (χ0n) is 14.4. The van der Waals surface area contributed by atoms with Crippen LogP contribution in [0.15, 0.2) is 89.6 Å². The molecule has 0 spiro atoms. The zero-order chi connectivity index (χ0) is 18.5. The number of allylic oxidation sites excluding steroid dienone is 1. The first-order valence-electron chi connectivity index (χ1n) is 8.46. The highest BCUT2D eigenvalue weighted by Gasteiger charge is 2.07. The van der Waals surface area contributed by atoms with Gasteiger partial charge in [-0.15, -0.1) is 22.7 Å². The quantitative estimate of drug-likeness (QED) is 0.259. The molecule has 0 aliphatic carbocycles. The second kappa shape index (κ2) is 8.16. The lowest BCUT2D eigenvalue weighted by Crippen LogP contribution is -1.94. The highest BCUT2D eigenvalue weighted by atomic mass is 32.1. The summed E-state index contributed by atoms with van der Waals surface area (Å²) in [5, 5.41) is 3.99. The number of para-hydroxylation sites is 1. The molecule has 0 amide bonds. The topological polar surface area (TPSA) is 26.3 Å². The summed E-state index contributed by atoms with van der Waals surface area (Å²) < 4.78 is 5.90. The van der Waals surface area contributed by atoms with Gasteiger partial charge in [-0.25, -0.2) is 0 Å². The largest absolute Gasteiger partial charge is 0.456 e. The molecule has 4 rings (SSSR count). The van der Waals surface area contributed by atoms with Crippen molar-refractivity contribution < 1.29 is 9.53 Å². The van der Waals surface area contributed by atoms with E-state index in [0.717, 1.165) is 26.8 Å². The lowest BCUT2D eigenvalue weighted by atomic mass is 10.1. The van der Waals surface area contributed by atoms with Gasteiger partial charge in [0.2, 0.25) is 0 Å². The molecule has 0 atom stereocenters. The maximum Gasteiger partial charge on any atom is 0.185 e. The van der Waals surface area contributed by atoms with Gasteiger partial charge in [-0.2, -0.15) is 0 Å². The summed E-state index contributed by atoms with van der Waals surface area (Å²) in [6, 6.07) is 23.4. The SMILES string of the molecule is O=C(/C=C/c1sccc1Oc1ccccc1)c1cccc(-c2cccs2)c1. The van der Waals surface area contributed by atoms with Crippen LogP contribution in [0.4, 0.5) is 0 Å². The van der Waals surface area contributed by atoms with Gasteiger partial charge in [-0.1, -0.05) is 42.5 Å². The Morgan fingerprint density at radius 1 is 0.852 bits per heavy atom. The lowest BCUT2D eigenvalue weighted by molar-refractivity contribution is 0.104. The number of carbonyl (C=O) groups is 1. The van der Waals surface area contributed by atoms with Gasteiger partial charge in [0, 0.05) is 10.4 Å². The Balaban J connectivity index is 1.52. The van der Waals surface area contributed by atoms with E-state index in [1.165, 1.54) is 0 Å². The monoisotopic (exact) mass is 388 g/mol. The molecule has 2 nitrogen and oxygen atoms in total. The Bertz CT molecular complexity index is 1060. The third-order valence-corrected chi connectivity index (χ3v) is 5.75. The maximum atomic E-state index is 12.6. The smallest absolute Gasteiger partial charge is 0.185 e. The Labute approximate surface area is 166 Å². The number of ether oxygens (including phenoxy) is 1. The predicted octanol–water partition coefficient (Wildman–Crippen LogP) is 7.17. The van der Waals surface area contributed by atoms with Crippen LogP contribution in [-0.2, 0) is 0 Å². The number of rotatable bonds is 6. The molecule has 2 aromatic carbocycles. The third-order valence-electron chi connectivity index (χ3n) is 3.97. The number of benzene rings is 2. The third kappa shape index (κ3) is 4.25. The first kappa shape index (κ1) is 17.5. The van der Waals surface area contributed by atoms with Crippen molar-refractivity contribution in [3.05, 3.63) is 100 Å². The summed E-state index contributed by atoms with van der Waals surface area (Å²) in [4.78, 5) is 14.7. The van der Waals surface area contributed by atoms with Crippen LogP contribution in [0.3, 0.4) is 0 Å². The second-order valence-corrected chi connectivity index (χ2v) is 7.72. The fourth-order valence-corrected chi connectivity index (χ4v) is 4.08. The standard InChI is InChI=1S/C23H16O2S2/c24-20(17-6-4-7-18(16-17)22-10-5-14-26-22)11-12-23-21(13-15-27-23)25-19-8-2-1-3-9-19/h1-16H/b12-11+. The van der Waals surface area contributed by atoms with E-state index < -0.39 is 0 Å². The Morgan fingerprint density at radius 3 is 2.56 bits per heavy atom. The molecular formula is C23H16O2S2. The second-order valence-electron chi connectivity index (χ2n) is 5.82. The summed E-state index contributed by atoms with van der Waals surface area (Å²) in [7, 11) is 0. The molecule has 132 valence electrons. The van der Waals surface area contributed by atoms with Crippen LogP contribution in [-0.4, -0.2) is 5.78 Å². The first-order chi connectivity index (χ1) is 13.3. The van der Waals surface area contributed by atoms with Crippen LogP contribution in [0.5, 0.6) is 11.5 Å². The summed E-state index contributed by atoms with van der Waals surface area (Å²) in [6.07, 6.45) is 3.43. The molecule has 4 aromatic rings. The molecule has 0 saturated heterocycles. The number of carbonyl (C=O) groups excluding carboxylic acids is 1. The van der Waals surface area contributed by atoms with Gasteiger partial charge in [0.15, 0.2) is 5.78 Å². The molecule has 0 aliphatic rings. The van der Waals surface area contributed by atoms with Gasteiger partial charge in [0.05, 0.1) is 4.88 Å². The van der Waals surface area contributed by atoms with Crippen LogP contribution in [0.25, 0.3) is 16.5 Å². The van der Waals surface area contributed by atoms with Crippen molar-refractivity contribution in [3.63, 3.8) is 0 Å².